The molecule has 6 rings (SSSR count). The molecule has 2 unspecified atom stereocenters. The zero-order valence-electron chi connectivity index (χ0n) is 24.2. The van der Waals surface area contributed by atoms with Crippen molar-refractivity contribution in [2.45, 2.75) is 62.7 Å². The van der Waals surface area contributed by atoms with E-state index in [-0.39, 0.29) is 61.3 Å². The average molecular weight is 653 g/mol. The molecular weight excluding hydrogens is 613 g/mol. The van der Waals surface area contributed by atoms with Gasteiger partial charge in [0.2, 0.25) is 0 Å². The van der Waals surface area contributed by atoms with Crippen LogP contribution in [0, 0.1) is 11.6 Å². The molecule has 3 N–H and O–H groups in total. The van der Waals surface area contributed by atoms with E-state index in [0.717, 1.165) is 44.1 Å². The van der Waals surface area contributed by atoms with Crippen molar-refractivity contribution >= 4 is 0 Å². The Morgan fingerprint density at radius 1 is 1.12 bits per heavy atom. The van der Waals surface area contributed by atoms with Gasteiger partial charge in [0.25, 0.3) is 0 Å². The summed E-state index contributed by atoms with van der Waals surface area (Å²) in [5.41, 5.74) is 2.65. The number of H-pyrrole nitrogens is 1. The number of phenols is 1. The molecule has 1 aromatic heterocycles. The number of hydrogen-bond acceptors (Lipinski definition) is 4. The van der Waals surface area contributed by atoms with Gasteiger partial charge in [-0.25, -0.2) is 8.78 Å². The van der Waals surface area contributed by atoms with Gasteiger partial charge in [0.05, 0.1) is 5.69 Å². The van der Waals surface area contributed by atoms with E-state index in [0.29, 0.717) is 36.0 Å². The van der Waals surface area contributed by atoms with Gasteiger partial charge in [-0.1, -0.05) is 31.4 Å². The van der Waals surface area contributed by atoms with Gasteiger partial charge in [-0.3, -0.25) is 9.69 Å². The van der Waals surface area contributed by atoms with Gasteiger partial charge >= 0.3 is 0 Å². The van der Waals surface area contributed by atoms with E-state index < -0.39 is 5.82 Å². The fourth-order valence-electron chi connectivity index (χ4n) is 6.36. The second kappa shape index (κ2) is 15.1. The van der Waals surface area contributed by atoms with E-state index in [1.807, 2.05) is 13.1 Å². The molecule has 1 aliphatic carbocycles. The van der Waals surface area contributed by atoms with Gasteiger partial charge in [0.15, 0.2) is 5.43 Å². The molecule has 42 heavy (non-hydrogen) atoms. The minimum Gasteiger partial charge on any atom is -0.660 e. The van der Waals surface area contributed by atoms with E-state index in [1.54, 1.807) is 30.5 Å². The van der Waals surface area contributed by atoms with Crippen LogP contribution in [0.2, 0.25) is 0 Å². The number of pyridine rings is 1. The number of phenolic OH excluding ortho intramolecular Hbond substituents is 1. The number of piperazine rings is 1. The fraction of sp³-hybridized carbons (Fsp3) is 0.469. The first-order chi connectivity index (χ1) is 19.9. The van der Waals surface area contributed by atoms with Gasteiger partial charge in [-0.15, -0.1) is 25.7 Å². The number of halogens is 2. The van der Waals surface area contributed by atoms with Crippen LogP contribution in [0.5, 0.6) is 5.75 Å². The topological polar surface area (TPSA) is 96.6 Å². The number of benzene rings is 2. The second-order valence-corrected chi connectivity index (χ2v) is 11.3. The van der Waals surface area contributed by atoms with Gasteiger partial charge in [0, 0.05) is 74.2 Å². The zero-order valence-corrected chi connectivity index (χ0v) is 27.0. The van der Waals surface area contributed by atoms with E-state index in [1.165, 1.54) is 37.8 Å². The molecule has 3 aromatic rings. The number of nitrogens with one attached hydrogen (secondary N) is 2. The van der Waals surface area contributed by atoms with Crippen molar-refractivity contribution in [3.63, 3.8) is 0 Å². The summed E-state index contributed by atoms with van der Waals surface area (Å²) in [6, 6.07) is 12.3. The first-order valence-electron chi connectivity index (χ1n) is 14.6. The molecule has 223 valence electrons. The summed E-state index contributed by atoms with van der Waals surface area (Å²) < 4.78 is 26.6. The van der Waals surface area contributed by atoms with Gasteiger partial charge < -0.3 is 26.0 Å². The molecule has 2 atom stereocenters. The van der Waals surface area contributed by atoms with Crippen molar-refractivity contribution in [1.82, 2.24) is 15.2 Å². The molecule has 3 aliphatic rings. The first kappa shape index (κ1) is 32.9. The van der Waals surface area contributed by atoms with Crippen molar-refractivity contribution in [3.8, 4) is 17.0 Å². The van der Waals surface area contributed by atoms with Crippen LogP contribution >= 0.6 is 0 Å². The van der Waals surface area contributed by atoms with Crippen LogP contribution < -0.4 is 10.7 Å². The summed E-state index contributed by atoms with van der Waals surface area (Å²) >= 11 is 0. The van der Waals surface area contributed by atoms with Gasteiger partial charge in [0.1, 0.15) is 17.4 Å². The Balaban J connectivity index is 0.000000207. The molecule has 1 spiro atoms. The fourth-order valence-corrected chi connectivity index (χ4v) is 6.36. The maximum Gasteiger partial charge on any atom is 0.186 e. The molecule has 0 bridgehead atoms. The number of aromatic nitrogens is 1. The smallest absolute Gasteiger partial charge is 0.186 e. The van der Waals surface area contributed by atoms with Crippen LogP contribution in [-0.2, 0) is 39.3 Å². The Bertz CT molecular complexity index is 1380. The summed E-state index contributed by atoms with van der Waals surface area (Å²) in [6.45, 7) is 4.06. The molecule has 7 nitrogen and oxygen atoms in total. The predicted octanol–water partition coefficient (Wildman–Crippen LogP) is 6.01. The molecule has 2 aliphatic heterocycles. The summed E-state index contributed by atoms with van der Waals surface area (Å²) in [4.78, 5) is 18.3. The number of rotatable bonds is 5. The van der Waals surface area contributed by atoms with E-state index >= 15 is 0 Å². The third kappa shape index (κ3) is 7.73. The molecule has 3 heterocycles. The van der Waals surface area contributed by atoms with Crippen molar-refractivity contribution < 1.29 is 46.6 Å². The van der Waals surface area contributed by atoms with Crippen LogP contribution in [0.3, 0.4) is 0 Å². The van der Waals surface area contributed by atoms with Crippen LogP contribution in [-0.4, -0.2) is 59.8 Å². The van der Waals surface area contributed by atoms with Gasteiger partial charge in [-0.05, 0) is 68.8 Å². The number of nitrogens with zero attached hydrogens (tertiary/aromatic N) is 3. The minimum atomic E-state index is -0.404. The largest absolute Gasteiger partial charge is 0.660 e. The van der Waals surface area contributed by atoms with Crippen LogP contribution in [0.15, 0.2) is 59.5 Å². The normalized spacial score (nSPS) is 21.8. The quantitative estimate of drug-likeness (QED) is 0.315. The van der Waals surface area contributed by atoms with E-state index in [9.17, 15) is 18.7 Å². The maximum absolute atomic E-state index is 13.5. The molecule has 0 amide bonds. The third-order valence-corrected chi connectivity index (χ3v) is 8.75. The predicted molar refractivity (Wildman–Crippen MR) is 158 cm³/mol. The first-order valence-corrected chi connectivity index (χ1v) is 14.6. The van der Waals surface area contributed by atoms with Crippen LogP contribution in [0.4, 0.5) is 8.78 Å². The maximum atomic E-state index is 13.5. The Labute approximate surface area is 271 Å². The average Bonchev–Trinajstić information content (AvgIpc) is 3.46. The minimum absolute atomic E-state index is 0. The number of aromatic hydroxyl groups is 1. The summed E-state index contributed by atoms with van der Waals surface area (Å²) in [5, 5.41) is 22.1. The number of hydrogen-bond donors (Lipinski definition) is 3. The Morgan fingerprint density at radius 3 is 2.64 bits per heavy atom. The summed E-state index contributed by atoms with van der Waals surface area (Å²) in [7, 11) is 1.88. The number of aromatic amines is 1. The zero-order chi connectivity index (χ0) is 28.8. The Morgan fingerprint density at radius 2 is 1.90 bits per heavy atom. The second-order valence-electron chi connectivity index (χ2n) is 11.3. The SMILES string of the molecule is CNC1CC[N-]C(c2cc(F)ccc2F)C1.O=c1cc(-c2ccccc2O)[nH]cc1CN1CC[N-]CC12CCCC2.[Y]. The van der Waals surface area contributed by atoms with E-state index in [4.69, 9.17) is 0 Å². The van der Waals surface area contributed by atoms with Crippen LogP contribution in [0.1, 0.15) is 55.7 Å². The van der Waals surface area contributed by atoms with Crippen molar-refractivity contribution in [1.29, 1.82) is 0 Å². The van der Waals surface area contributed by atoms with Gasteiger partial charge in [-0.2, -0.15) is 0 Å². The monoisotopic (exact) mass is 652 g/mol. The molecule has 10 heteroatoms. The number of piperidine rings is 1. The van der Waals surface area contributed by atoms with Crippen molar-refractivity contribution in [2.24, 2.45) is 0 Å². The summed E-state index contributed by atoms with van der Waals surface area (Å²) in [5.74, 6) is -0.599. The molecule has 1 saturated carbocycles. The summed E-state index contributed by atoms with van der Waals surface area (Å²) in [6.07, 6.45) is 8.39. The molecular formula is C32H39F2N5O2Y-2. The molecule has 3 fully saturated rings. The Kier molecular flexibility index (Phi) is 11.9. The Hall–Kier alpha value is -2.01. The molecule has 2 saturated heterocycles. The van der Waals surface area contributed by atoms with Crippen molar-refractivity contribution in [3.05, 3.63) is 98.3 Å². The van der Waals surface area contributed by atoms with E-state index in [2.05, 4.69) is 25.8 Å². The number of para-hydroxylation sites is 1. The van der Waals surface area contributed by atoms with Crippen LogP contribution in [0.25, 0.3) is 21.9 Å². The molecule has 2 aromatic carbocycles. The standard InChI is InChI=1S/C20H24N3O2.C12H15F2N2.Y/c24-18-6-2-1-5-16(18)17-11-19(25)15(12-22-17)13-23-10-9-21-14-20(23)7-3-4-8-20;1-15-9-4-5-16-12(7-9)10-6-8(13)2-3-11(10)14;/h1-2,5-6,11-12,24H,3-4,7-10,13-14H2,(H,22,25);2-3,6,9,12,15H,4-5,7H2,1H3;/q2*-1;. The van der Waals surface area contributed by atoms with Crippen molar-refractivity contribution in [2.75, 3.05) is 33.2 Å². The molecule has 1 radical (unpaired) electrons. The third-order valence-electron chi connectivity index (χ3n) is 8.75.